The highest BCUT2D eigenvalue weighted by Crippen LogP contribution is 2.39. The topological polar surface area (TPSA) is 76.1 Å². The number of methoxy groups -OCH3 is 1. The molecule has 0 radical (unpaired) electrons. The molecular weight excluding hydrogens is 454 g/mol. The van der Waals surface area contributed by atoms with Crippen LogP contribution in [0.25, 0.3) is 5.76 Å². The first kappa shape index (κ1) is 25.2. The average molecular weight is 486 g/mol. The molecule has 1 atom stereocenters. The van der Waals surface area contributed by atoms with E-state index in [9.17, 15) is 14.7 Å². The molecule has 0 aliphatic carbocycles. The Labute approximate surface area is 211 Å². The van der Waals surface area contributed by atoms with Crippen molar-refractivity contribution in [2.45, 2.75) is 32.9 Å². The molecule has 1 amide bonds. The highest BCUT2D eigenvalue weighted by atomic mass is 16.5. The van der Waals surface area contributed by atoms with E-state index in [1.165, 1.54) is 4.90 Å². The molecule has 36 heavy (non-hydrogen) atoms. The highest BCUT2D eigenvalue weighted by Gasteiger charge is 2.45. The maximum atomic E-state index is 13.1. The van der Waals surface area contributed by atoms with Crippen molar-refractivity contribution in [3.8, 4) is 5.75 Å². The third-order valence-corrected chi connectivity index (χ3v) is 6.47. The zero-order chi connectivity index (χ0) is 25.7. The Morgan fingerprint density at radius 1 is 0.972 bits per heavy atom. The van der Waals surface area contributed by atoms with Crippen molar-refractivity contribution in [1.82, 2.24) is 4.90 Å². The van der Waals surface area contributed by atoms with Crippen LogP contribution in [-0.2, 0) is 27.4 Å². The second kappa shape index (κ2) is 11.2. The number of carbonyl (C=O) groups excluding carboxylic acids is 2. The van der Waals surface area contributed by atoms with Crippen molar-refractivity contribution in [2.24, 2.45) is 0 Å². The Bertz CT molecular complexity index is 1260. The third-order valence-electron chi connectivity index (χ3n) is 6.47. The monoisotopic (exact) mass is 485 g/mol. The van der Waals surface area contributed by atoms with Gasteiger partial charge in [-0.2, -0.15) is 0 Å². The number of benzene rings is 3. The zero-order valence-corrected chi connectivity index (χ0v) is 20.9. The van der Waals surface area contributed by atoms with Crippen LogP contribution in [0.2, 0.25) is 0 Å². The van der Waals surface area contributed by atoms with E-state index in [2.05, 4.69) is 6.92 Å². The van der Waals surface area contributed by atoms with E-state index in [4.69, 9.17) is 9.47 Å². The number of likely N-dealkylation sites (tertiary alicyclic amines) is 1. The average Bonchev–Trinajstić information content (AvgIpc) is 3.16. The molecule has 6 heteroatoms. The van der Waals surface area contributed by atoms with Crippen molar-refractivity contribution < 1.29 is 24.2 Å². The second-order valence-electron chi connectivity index (χ2n) is 8.83. The summed E-state index contributed by atoms with van der Waals surface area (Å²) in [6.45, 7) is 4.89. The summed E-state index contributed by atoms with van der Waals surface area (Å²) in [4.78, 5) is 27.6. The van der Waals surface area contributed by atoms with Gasteiger partial charge in [-0.15, -0.1) is 0 Å². The van der Waals surface area contributed by atoms with E-state index in [0.29, 0.717) is 17.9 Å². The summed E-state index contributed by atoms with van der Waals surface area (Å²) in [5.41, 5.74) is 4.32. The van der Waals surface area contributed by atoms with Gasteiger partial charge in [0, 0.05) is 19.2 Å². The Hall–Kier alpha value is -3.90. The van der Waals surface area contributed by atoms with E-state index < -0.39 is 17.7 Å². The summed E-state index contributed by atoms with van der Waals surface area (Å²) in [6.07, 6.45) is 0.877. The Balaban J connectivity index is 1.69. The number of rotatable bonds is 9. The van der Waals surface area contributed by atoms with E-state index in [0.717, 1.165) is 28.7 Å². The Morgan fingerprint density at radius 3 is 2.33 bits per heavy atom. The number of carbonyl (C=O) groups is 2. The molecule has 1 heterocycles. The van der Waals surface area contributed by atoms with E-state index in [-0.39, 0.29) is 24.5 Å². The number of ether oxygens (including phenoxy) is 2. The molecule has 3 aromatic rings. The number of amides is 1. The lowest BCUT2D eigenvalue weighted by Crippen LogP contribution is -2.32. The lowest BCUT2D eigenvalue weighted by Gasteiger charge is -2.25. The fourth-order valence-electron chi connectivity index (χ4n) is 4.43. The summed E-state index contributed by atoms with van der Waals surface area (Å²) in [7, 11) is 1.55. The van der Waals surface area contributed by atoms with Gasteiger partial charge in [-0.05, 0) is 53.8 Å². The molecular formula is C30H31NO5. The summed E-state index contributed by atoms with van der Waals surface area (Å²) >= 11 is 0. The summed E-state index contributed by atoms with van der Waals surface area (Å²) in [6, 6.07) is 22.2. The van der Waals surface area contributed by atoms with E-state index in [1.807, 2.05) is 61.5 Å². The molecule has 0 saturated carbocycles. The number of aliphatic hydroxyl groups is 1. The van der Waals surface area contributed by atoms with Gasteiger partial charge in [0.2, 0.25) is 0 Å². The van der Waals surface area contributed by atoms with Crippen LogP contribution in [-0.4, -0.2) is 42.0 Å². The highest BCUT2D eigenvalue weighted by molar-refractivity contribution is 6.46. The quantitative estimate of drug-likeness (QED) is 0.256. The van der Waals surface area contributed by atoms with Gasteiger partial charge in [0.15, 0.2) is 0 Å². The minimum atomic E-state index is -0.699. The molecule has 1 aliphatic heterocycles. The molecule has 0 bridgehead atoms. The van der Waals surface area contributed by atoms with Crippen LogP contribution in [0.15, 0.2) is 78.4 Å². The smallest absolute Gasteiger partial charge is 0.295 e. The van der Waals surface area contributed by atoms with Crippen molar-refractivity contribution >= 4 is 17.4 Å². The number of aliphatic hydroxyl groups excluding tert-OH is 1. The first-order valence-electron chi connectivity index (χ1n) is 12.1. The number of ketones is 1. The van der Waals surface area contributed by atoms with Crippen LogP contribution in [0, 0.1) is 6.92 Å². The molecule has 1 N–H and O–H groups in total. The van der Waals surface area contributed by atoms with Crippen molar-refractivity contribution in [1.29, 1.82) is 0 Å². The number of aryl methyl sites for hydroxylation is 2. The van der Waals surface area contributed by atoms with Crippen molar-refractivity contribution in [2.75, 3.05) is 20.3 Å². The van der Waals surface area contributed by atoms with Crippen LogP contribution in [0.4, 0.5) is 0 Å². The molecule has 0 spiro atoms. The minimum Gasteiger partial charge on any atom is -0.507 e. The molecule has 1 fully saturated rings. The number of Topliss-reactive ketones (excluding diaryl/α,β-unsaturated/α-hetero) is 1. The second-order valence-corrected chi connectivity index (χ2v) is 8.83. The standard InChI is InChI=1S/C30H31NO5/c1-4-21-10-12-23(13-11-21)27-26(29(33)30(34)31(27)16-17-35-3)28(32)24-14-15-25(20(2)18-24)36-19-22-8-6-5-7-9-22/h5-15,18,27,32H,4,16-17,19H2,1-3H3. The van der Waals surface area contributed by atoms with Crippen LogP contribution in [0.1, 0.15) is 40.8 Å². The fourth-order valence-corrected chi connectivity index (χ4v) is 4.43. The minimum absolute atomic E-state index is 0.0812. The largest absolute Gasteiger partial charge is 0.507 e. The maximum absolute atomic E-state index is 13.1. The van der Waals surface area contributed by atoms with Gasteiger partial charge < -0.3 is 19.5 Å². The summed E-state index contributed by atoms with van der Waals surface area (Å²) in [5.74, 6) is -0.855. The van der Waals surface area contributed by atoms with Crippen molar-refractivity contribution in [3.05, 3.63) is 106 Å². The van der Waals surface area contributed by atoms with Gasteiger partial charge in [0.05, 0.1) is 18.2 Å². The van der Waals surface area contributed by atoms with Gasteiger partial charge >= 0.3 is 0 Å². The van der Waals surface area contributed by atoms with Crippen LogP contribution in [0.3, 0.4) is 0 Å². The maximum Gasteiger partial charge on any atom is 0.295 e. The Kier molecular flexibility index (Phi) is 7.86. The van der Waals surface area contributed by atoms with E-state index in [1.54, 1.807) is 25.3 Å². The molecule has 1 aliphatic rings. The number of nitrogens with zero attached hydrogens (tertiary/aromatic N) is 1. The molecule has 4 rings (SSSR count). The number of hydrogen-bond donors (Lipinski definition) is 1. The first-order chi connectivity index (χ1) is 17.4. The summed E-state index contributed by atoms with van der Waals surface area (Å²) < 4.78 is 11.1. The van der Waals surface area contributed by atoms with E-state index >= 15 is 0 Å². The Morgan fingerprint density at radius 2 is 1.69 bits per heavy atom. The van der Waals surface area contributed by atoms with Crippen LogP contribution in [0.5, 0.6) is 5.75 Å². The lowest BCUT2D eigenvalue weighted by atomic mass is 9.94. The van der Waals surface area contributed by atoms with Gasteiger partial charge in [-0.25, -0.2) is 0 Å². The van der Waals surface area contributed by atoms with Gasteiger partial charge in [0.1, 0.15) is 18.1 Å². The third kappa shape index (κ3) is 5.19. The lowest BCUT2D eigenvalue weighted by molar-refractivity contribution is -0.140. The summed E-state index contributed by atoms with van der Waals surface area (Å²) in [5, 5.41) is 11.3. The van der Waals surface area contributed by atoms with Crippen LogP contribution < -0.4 is 4.74 Å². The predicted octanol–water partition coefficient (Wildman–Crippen LogP) is 5.20. The molecule has 3 aromatic carbocycles. The zero-order valence-electron chi connectivity index (χ0n) is 20.9. The van der Waals surface area contributed by atoms with Crippen LogP contribution >= 0.6 is 0 Å². The molecule has 1 saturated heterocycles. The normalized spacial score (nSPS) is 17.0. The van der Waals surface area contributed by atoms with Gasteiger partial charge in [-0.1, -0.05) is 61.5 Å². The van der Waals surface area contributed by atoms with Gasteiger partial charge in [0.25, 0.3) is 11.7 Å². The molecule has 6 nitrogen and oxygen atoms in total. The fraction of sp³-hybridized carbons (Fsp3) is 0.267. The van der Waals surface area contributed by atoms with Crippen molar-refractivity contribution in [3.63, 3.8) is 0 Å². The van der Waals surface area contributed by atoms with Gasteiger partial charge in [-0.3, -0.25) is 9.59 Å². The molecule has 186 valence electrons. The SMILES string of the molecule is CCc1ccc(C2C(=C(O)c3ccc(OCc4ccccc4)c(C)c3)C(=O)C(=O)N2CCOC)cc1. The predicted molar refractivity (Wildman–Crippen MR) is 139 cm³/mol. The molecule has 1 unspecified atom stereocenters. The molecule has 0 aromatic heterocycles. The number of hydrogen-bond acceptors (Lipinski definition) is 5. The first-order valence-corrected chi connectivity index (χ1v) is 12.1.